The first-order valence-electron chi connectivity index (χ1n) is 6.79. The number of anilines is 1. The second kappa shape index (κ2) is 6.20. The monoisotopic (exact) mass is 288 g/mol. The standard InChI is InChI=1S/C15H17ClN4/c16-14-11-17-6-4-15(14)20-9-7-19(8-10-20)12-13-3-1-2-5-18-13/h1-6,11H,7-10,12H2. The van der Waals surface area contributed by atoms with Gasteiger partial charge in [-0.2, -0.15) is 0 Å². The van der Waals surface area contributed by atoms with Crippen LogP contribution < -0.4 is 4.90 Å². The third kappa shape index (κ3) is 3.08. The first-order valence-corrected chi connectivity index (χ1v) is 7.17. The minimum Gasteiger partial charge on any atom is -0.368 e. The fourth-order valence-corrected chi connectivity index (χ4v) is 2.73. The van der Waals surface area contributed by atoms with Crippen molar-refractivity contribution in [2.24, 2.45) is 0 Å². The van der Waals surface area contributed by atoms with E-state index in [2.05, 4.69) is 25.8 Å². The van der Waals surface area contributed by atoms with Gasteiger partial charge in [-0.25, -0.2) is 0 Å². The van der Waals surface area contributed by atoms with Crippen LogP contribution in [-0.2, 0) is 6.54 Å². The van der Waals surface area contributed by atoms with Crippen LogP contribution in [0, 0.1) is 0 Å². The predicted molar refractivity (Wildman–Crippen MR) is 81.0 cm³/mol. The van der Waals surface area contributed by atoms with E-state index in [0.29, 0.717) is 0 Å². The van der Waals surface area contributed by atoms with Crippen molar-refractivity contribution in [2.75, 3.05) is 31.1 Å². The minimum atomic E-state index is 0.727. The van der Waals surface area contributed by atoms with Crippen molar-refractivity contribution < 1.29 is 0 Å². The summed E-state index contributed by atoms with van der Waals surface area (Å²) >= 11 is 6.20. The average molecular weight is 289 g/mol. The number of rotatable bonds is 3. The molecule has 1 aliphatic rings. The van der Waals surface area contributed by atoms with Crippen LogP contribution in [0.1, 0.15) is 5.69 Å². The summed E-state index contributed by atoms with van der Waals surface area (Å²) in [4.78, 5) is 13.2. The van der Waals surface area contributed by atoms with E-state index in [9.17, 15) is 0 Å². The molecule has 0 aromatic carbocycles. The van der Waals surface area contributed by atoms with Crippen LogP contribution >= 0.6 is 11.6 Å². The summed E-state index contributed by atoms with van der Waals surface area (Å²) in [5.41, 5.74) is 2.21. The lowest BCUT2D eigenvalue weighted by atomic mass is 10.2. The Balaban J connectivity index is 1.59. The maximum absolute atomic E-state index is 6.20. The van der Waals surface area contributed by atoms with Gasteiger partial charge in [-0.05, 0) is 18.2 Å². The third-order valence-corrected chi connectivity index (χ3v) is 3.87. The lowest BCUT2D eigenvalue weighted by molar-refractivity contribution is 0.247. The highest BCUT2D eigenvalue weighted by Gasteiger charge is 2.19. The van der Waals surface area contributed by atoms with Crippen molar-refractivity contribution in [3.63, 3.8) is 0 Å². The summed E-state index contributed by atoms with van der Waals surface area (Å²) in [6, 6.07) is 8.05. The Hall–Kier alpha value is -1.65. The Morgan fingerprint density at radius 3 is 2.60 bits per heavy atom. The highest BCUT2D eigenvalue weighted by molar-refractivity contribution is 6.33. The fraction of sp³-hybridized carbons (Fsp3) is 0.333. The number of aromatic nitrogens is 2. The van der Waals surface area contributed by atoms with Gasteiger partial charge in [0.15, 0.2) is 0 Å². The van der Waals surface area contributed by atoms with Gasteiger partial charge in [0.25, 0.3) is 0 Å². The van der Waals surface area contributed by atoms with Gasteiger partial charge in [0.05, 0.1) is 16.4 Å². The van der Waals surface area contributed by atoms with Gasteiger partial charge in [-0.1, -0.05) is 17.7 Å². The van der Waals surface area contributed by atoms with Crippen LogP contribution in [0.15, 0.2) is 42.9 Å². The maximum atomic E-state index is 6.20. The molecule has 4 nitrogen and oxygen atoms in total. The molecule has 3 heterocycles. The Kier molecular flexibility index (Phi) is 4.14. The smallest absolute Gasteiger partial charge is 0.0822 e. The van der Waals surface area contributed by atoms with Crippen LogP contribution in [0.3, 0.4) is 0 Å². The highest BCUT2D eigenvalue weighted by atomic mass is 35.5. The van der Waals surface area contributed by atoms with E-state index >= 15 is 0 Å². The molecule has 1 fully saturated rings. The van der Waals surface area contributed by atoms with Crippen molar-refractivity contribution in [1.29, 1.82) is 0 Å². The van der Waals surface area contributed by atoms with Gasteiger partial charge in [0, 0.05) is 51.3 Å². The van der Waals surface area contributed by atoms with Crippen molar-refractivity contribution in [2.45, 2.75) is 6.54 Å². The molecule has 0 aliphatic carbocycles. The second-order valence-electron chi connectivity index (χ2n) is 4.91. The molecule has 2 aromatic rings. The molecule has 0 spiro atoms. The summed E-state index contributed by atoms with van der Waals surface area (Å²) in [6.45, 7) is 4.93. The normalized spacial score (nSPS) is 16.4. The number of hydrogen-bond acceptors (Lipinski definition) is 4. The zero-order valence-corrected chi connectivity index (χ0v) is 12.0. The topological polar surface area (TPSA) is 32.3 Å². The summed E-state index contributed by atoms with van der Waals surface area (Å²) < 4.78 is 0. The minimum absolute atomic E-state index is 0.727. The first-order chi connectivity index (χ1) is 9.83. The Labute approximate surface area is 124 Å². The molecule has 2 aromatic heterocycles. The van der Waals surface area contributed by atoms with Crippen molar-refractivity contribution in [1.82, 2.24) is 14.9 Å². The van der Waals surface area contributed by atoms with Gasteiger partial charge in [-0.15, -0.1) is 0 Å². The molecular weight excluding hydrogens is 272 g/mol. The summed E-state index contributed by atoms with van der Waals surface area (Å²) in [7, 11) is 0. The van der Waals surface area contributed by atoms with Gasteiger partial charge in [-0.3, -0.25) is 14.9 Å². The maximum Gasteiger partial charge on any atom is 0.0822 e. The average Bonchev–Trinajstić information content (AvgIpc) is 2.50. The number of piperazine rings is 1. The Morgan fingerprint density at radius 1 is 1.05 bits per heavy atom. The van der Waals surface area contributed by atoms with Crippen LogP contribution in [-0.4, -0.2) is 41.0 Å². The van der Waals surface area contributed by atoms with Gasteiger partial charge >= 0.3 is 0 Å². The van der Waals surface area contributed by atoms with Crippen LogP contribution in [0.25, 0.3) is 0 Å². The molecule has 104 valence electrons. The highest BCUT2D eigenvalue weighted by Crippen LogP contribution is 2.25. The molecule has 0 saturated carbocycles. The van der Waals surface area contributed by atoms with Gasteiger partial charge in [0.1, 0.15) is 0 Å². The van der Waals surface area contributed by atoms with E-state index in [1.54, 1.807) is 12.4 Å². The zero-order valence-electron chi connectivity index (χ0n) is 11.2. The number of pyridine rings is 2. The molecule has 0 N–H and O–H groups in total. The molecule has 3 rings (SSSR count). The van der Waals surface area contributed by atoms with Crippen molar-refractivity contribution in [3.8, 4) is 0 Å². The largest absolute Gasteiger partial charge is 0.368 e. The lowest BCUT2D eigenvalue weighted by Crippen LogP contribution is -2.46. The number of hydrogen-bond donors (Lipinski definition) is 0. The lowest BCUT2D eigenvalue weighted by Gasteiger charge is -2.36. The molecule has 20 heavy (non-hydrogen) atoms. The molecule has 0 amide bonds. The van der Waals surface area contributed by atoms with Crippen LogP contribution in [0.5, 0.6) is 0 Å². The Morgan fingerprint density at radius 2 is 1.90 bits per heavy atom. The van der Waals surface area contributed by atoms with E-state index in [4.69, 9.17) is 11.6 Å². The van der Waals surface area contributed by atoms with E-state index in [1.807, 2.05) is 24.4 Å². The molecule has 5 heteroatoms. The fourth-order valence-electron chi connectivity index (χ4n) is 2.49. The summed E-state index contributed by atoms with van der Waals surface area (Å²) in [6.07, 6.45) is 5.35. The SMILES string of the molecule is Clc1cnccc1N1CCN(Cc2ccccn2)CC1. The summed E-state index contributed by atoms with van der Waals surface area (Å²) in [5.74, 6) is 0. The van der Waals surface area contributed by atoms with Gasteiger partial charge in [0.2, 0.25) is 0 Å². The predicted octanol–water partition coefficient (Wildman–Crippen LogP) is 2.45. The quantitative estimate of drug-likeness (QED) is 0.868. The van der Waals surface area contributed by atoms with Crippen molar-refractivity contribution >= 4 is 17.3 Å². The van der Waals surface area contributed by atoms with E-state index in [0.717, 1.165) is 49.1 Å². The molecule has 1 aliphatic heterocycles. The number of halogens is 1. The molecule has 1 saturated heterocycles. The molecular formula is C15H17ClN4. The van der Waals surface area contributed by atoms with E-state index in [-0.39, 0.29) is 0 Å². The van der Waals surface area contributed by atoms with E-state index < -0.39 is 0 Å². The molecule has 0 atom stereocenters. The molecule has 0 radical (unpaired) electrons. The first kappa shape index (κ1) is 13.3. The molecule has 0 bridgehead atoms. The zero-order chi connectivity index (χ0) is 13.8. The van der Waals surface area contributed by atoms with Crippen molar-refractivity contribution in [3.05, 3.63) is 53.6 Å². The Bertz CT molecular complexity index is 553. The van der Waals surface area contributed by atoms with E-state index in [1.165, 1.54) is 0 Å². The third-order valence-electron chi connectivity index (χ3n) is 3.58. The molecule has 0 unspecified atom stereocenters. The number of nitrogens with zero attached hydrogens (tertiary/aromatic N) is 4. The van der Waals surface area contributed by atoms with Crippen LogP contribution in [0.4, 0.5) is 5.69 Å². The van der Waals surface area contributed by atoms with Gasteiger partial charge < -0.3 is 4.90 Å². The summed E-state index contributed by atoms with van der Waals surface area (Å²) in [5, 5.41) is 0.727. The van der Waals surface area contributed by atoms with Crippen LogP contribution in [0.2, 0.25) is 5.02 Å². The second-order valence-corrected chi connectivity index (χ2v) is 5.32.